The molecule has 3 heteroatoms. The molecule has 0 amide bonds. The van der Waals surface area contributed by atoms with E-state index in [1.165, 1.54) is 0 Å². The maximum Gasteiger partial charge on any atom is 0.0753 e. The molecule has 2 fully saturated rings. The van der Waals surface area contributed by atoms with Crippen molar-refractivity contribution >= 4 is 0 Å². The summed E-state index contributed by atoms with van der Waals surface area (Å²) in [6.45, 7) is 6.96. The molecule has 1 saturated heterocycles. The maximum atomic E-state index is 9.55. The van der Waals surface area contributed by atoms with Gasteiger partial charge in [0, 0.05) is 19.1 Å². The van der Waals surface area contributed by atoms with Gasteiger partial charge in [-0.15, -0.1) is 0 Å². The molecule has 2 atom stereocenters. The van der Waals surface area contributed by atoms with Gasteiger partial charge in [-0.25, -0.2) is 0 Å². The van der Waals surface area contributed by atoms with Crippen molar-refractivity contribution in [1.82, 2.24) is 4.90 Å². The Hall–Kier alpha value is -0.120. The summed E-state index contributed by atoms with van der Waals surface area (Å²) in [5.74, 6) is 0. The van der Waals surface area contributed by atoms with Crippen molar-refractivity contribution in [2.75, 3.05) is 19.7 Å². The lowest BCUT2D eigenvalue weighted by Gasteiger charge is -2.47. The van der Waals surface area contributed by atoms with E-state index in [-0.39, 0.29) is 11.7 Å². The maximum absolute atomic E-state index is 9.55. The normalized spacial score (nSPS) is 39.9. The van der Waals surface area contributed by atoms with Crippen molar-refractivity contribution in [1.29, 1.82) is 0 Å². The van der Waals surface area contributed by atoms with Crippen LogP contribution in [0.1, 0.15) is 26.7 Å². The number of hydrogen-bond acceptors (Lipinski definition) is 3. The molecule has 0 aromatic heterocycles. The number of hydrogen-bond donors (Lipinski definition) is 1. The molecule has 2 unspecified atom stereocenters. The number of rotatable bonds is 1. The molecule has 1 aliphatic heterocycles. The van der Waals surface area contributed by atoms with E-state index < -0.39 is 0 Å². The quantitative estimate of drug-likeness (QED) is 0.650. The number of aliphatic hydroxyl groups is 1. The van der Waals surface area contributed by atoms with Crippen molar-refractivity contribution in [2.24, 2.45) is 0 Å². The van der Waals surface area contributed by atoms with Crippen LogP contribution in [-0.4, -0.2) is 47.4 Å². The lowest BCUT2D eigenvalue weighted by atomic mass is 9.86. The van der Waals surface area contributed by atoms with Crippen LogP contribution in [0, 0.1) is 0 Å². The number of nitrogens with zero attached hydrogens (tertiary/aromatic N) is 1. The zero-order valence-electron chi connectivity index (χ0n) is 8.49. The minimum Gasteiger partial charge on any atom is -0.391 e. The van der Waals surface area contributed by atoms with Gasteiger partial charge < -0.3 is 9.84 Å². The molecule has 2 aliphatic rings. The van der Waals surface area contributed by atoms with Gasteiger partial charge in [-0.1, -0.05) is 0 Å². The van der Waals surface area contributed by atoms with Crippen LogP contribution in [0.5, 0.6) is 0 Å². The van der Waals surface area contributed by atoms with Gasteiger partial charge in [0.05, 0.1) is 18.3 Å². The molecule has 3 nitrogen and oxygen atoms in total. The molecule has 1 aliphatic carbocycles. The van der Waals surface area contributed by atoms with E-state index in [9.17, 15) is 5.11 Å². The Labute approximate surface area is 79.7 Å². The van der Waals surface area contributed by atoms with Crippen LogP contribution in [0.4, 0.5) is 0 Å². The van der Waals surface area contributed by atoms with Gasteiger partial charge in [0.15, 0.2) is 0 Å². The van der Waals surface area contributed by atoms with E-state index in [4.69, 9.17) is 4.74 Å². The fourth-order valence-corrected chi connectivity index (χ4v) is 2.23. The Morgan fingerprint density at radius 3 is 2.62 bits per heavy atom. The van der Waals surface area contributed by atoms with E-state index in [0.717, 1.165) is 32.5 Å². The lowest BCUT2D eigenvalue weighted by Crippen LogP contribution is -2.58. The number of ether oxygens (including phenoxy) is 1. The third-order valence-corrected chi connectivity index (χ3v) is 3.13. The predicted molar refractivity (Wildman–Crippen MR) is 50.6 cm³/mol. The van der Waals surface area contributed by atoms with Crippen molar-refractivity contribution in [3.05, 3.63) is 0 Å². The molecule has 1 heterocycles. The molecule has 0 bridgehead atoms. The van der Waals surface area contributed by atoms with Crippen molar-refractivity contribution < 1.29 is 9.84 Å². The van der Waals surface area contributed by atoms with Gasteiger partial charge in [0.2, 0.25) is 0 Å². The minimum atomic E-state index is -0.0890. The third-order valence-electron chi connectivity index (χ3n) is 3.13. The van der Waals surface area contributed by atoms with Crippen LogP contribution in [0.3, 0.4) is 0 Å². The first-order valence-electron chi connectivity index (χ1n) is 5.15. The number of morpholine rings is 1. The van der Waals surface area contributed by atoms with Crippen LogP contribution < -0.4 is 0 Å². The molecule has 13 heavy (non-hydrogen) atoms. The fraction of sp³-hybridized carbons (Fsp3) is 1.00. The Morgan fingerprint density at radius 1 is 1.38 bits per heavy atom. The zero-order chi connectivity index (χ0) is 9.47. The van der Waals surface area contributed by atoms with Crippen LogP contribution in [0.15, 0.2) is 0 Å². The predicted octanol–water partition coefficient (Wildman–Crippen LogP) is 0.621. The van der Waals surface area contributed by atoms with Gasteiger partial charge in [0.1, 0.15) is 0 Å². The molecule has 0 radical (unpaired) electrons. The molecular weight excluding hydrogens is 166 g/mol. The van der Waals surface area contributed by atoms with Crippen LogP contribution in [0.25, 0.3) is 0 Å². The molecular formula is C10H19NO2. The second kappa shape index (κ2) is 3.23. The highest BCUT2D eigenvalue weighted by molar-refractivity contribution is 4.92. The standard InChI is InChI=1S/C10H19NO2/c1-10(2)7-11(5-6-13-10)8-3-4-9(8)12/h8-9,12H,3-7H2,1-2H3. The summed E-state index contributed by atoms with van der Waals surface area (Å²) in [7, 11) is 0. The van der Waals surface area contributed by atoms with Crippen molar-refractivity contribution in [3.8, 4) is 0 Å². The first-order chi connectivity index (χ1) is 6.08. The van der Waals surface area contributed by atoms with Crippen LogP contribution in [0.2, 0.25) is 0 Å². The molecule has 0 spiro atoms. The zero-order valence-corrected chi connectivity index (χ0v) is 8.49. The third kappa shape index (κ3) is 1.87. The van der Waals surface area contributed by atoms with Gasteiger partial charge in [-0.05, 0) is 26.7 Å². The van der Waals surface area contributed by atoms with E-state index in [2.05, 4.69) is 18.7 Å². The topological polar surface area (TPSA) is 32.7 Å². The van der Waals surface area contributed by atoms with E-state index in [0.29, 0.717) is 6.04 Å². The van der Waals surface area contributed by atoms with Gasteiger partial charge in [0.25, 0.3) is 0 Å². The summed E-state index contributed by atoms with van der Waals surface area (Å²) in [4.78, 5) is 2.37. The highest BCUT2D eigenvalue weighted by Gasteiger charge is 2.38. The van der Waals surface area contributed by atoms with E-state index in [1.807, 2.05) is 0 Å². The average molecular weight is 185 g/mol. The summed E-state index contributed by atoms with van der Waals surface area (Å²) >= 11 is 0. The summed E-state index contributed by atoms with van der Waals surface area (Å²) < 4.78 is 5.63. The Kier molecular flexibility index (Phi) is 2.34. The second-order valence-electron chi connectivity index (χ2n) is 4.79. The smallest absolute Gasteiger partial charge is 0.0753 e. The molecule has 0 aromatic carbocycles. The van der Waals surface area contributed by atoms with Crippen molar-refractivity contribution in [3.63, 3.8) is 0 Å². The first kappa shape index (κ1) is 9.44. The summed E-state index contributed by atoms with van der Waals surface area (Å²) in [6.07, 6.45) is 2.04. The molecule has 1 saturated carbocycles. The molecule has 76 valence electrons. The van der Waals surface area contributed by atoms with E-state index in [1.54, 1.807) is 0 Å². The van der Waals surface area contributed by atoms with Gasteiger partial charge in [-0.2, -0.15) is 0 Å². The largest absolute Gasteiger partial charge is 0.391 e. The van der Waals surface area contributed by atoms with E-state index >= 15 is 0 Å². The van der Waals surface area contributed by atoms with Crippen LogP contribution in [-0.2, 0) is 4.74 Å². The lowest BCUT2D eigenvalue weighted by molar-refractivity contribution is -0.127. The average Bonchev–Trinajstić information content (AvgIpc) is 2.00. The monoisotopic (exact) mass is 185 g/mol. The van der Waals surface area contributed by atoms with Crippen molar-refractivity contribution in [2.45, 2.75) is 44.4 Å². The summed E-state index contributed by atoms with van der Waals surface area (Å²) in [5.41, 5.74) is -0.0342. The SMILES string of the molecule is CC1(C)CN(C2CCC2O)CCO1. The minimum absolute atomic E-state index is 0.0342. The first-order valence-corrected chi connectivity index (χ1v) is 5.15. The summed E-state index contributed by atoms with van der Waals surface area (Å²) in [5, 5.41) is 9.55. The Morgan fingerprint density at radius 2 is 2.15 bits per heavy atom. The summed E-state index contributed by atoms with van der Waals surface area (Å²) in [6, 6.07) is 0.406. The fourth-order valence-electron chi connectivity index (χ4n) is 2.23. The van der Waals surface area contributed by atoms with Gasteiger partial charge >= 0.3 is 0 Å². The van der Waals surface area contributed by atoms with Gasteiger partial charge in [-0.3, -0.25) is 4.90 Å². The van der Waals surface area contributed by atoms with Crippen LogP contribution >= 0.6 is 0 Å². The highest BCUT2D eigenvalue weighted by atomic mass is 16.5. The Balaban J connectivity index is 1.92. The second-order valence-corrected chi connectivity index (χ2v) is 4.79. The molecule has 2 rings (SSSR count). The molecule has 0 aromatic rings. The Bertz CT molecular complexity index is 193. The number of aliphatic hydroxyl groups excluding tert-OH is 1. The highest BCUT2D eigenvalue weighted by Crippen LogP contribution is 2.29. The molecule has 1 N–H and O–H groups in total.